The molecule has 1 fully saturated rings. The minimum atomic E-state index is 0.0916. The summed E-state index contributed by atoms with van der Waals surface area (Å²) in [4.78, 5) is 19.1. The number of rotatable bonds is 4. The Hall–Kier alpha value is -2.60. The number of hydrogen-bond acceptors (Lipinski definition) is 6. The molecule has 1 aliphatic rings. The molecule has 0 bridgehead atoms. The van der Waals surface area contributed by atoms with Gasteiger partial charge in [0.05, 0.1) is 26.8 Å². The summed E-state index contributed by atoms with van der Waals surface area (Å²) in [6.07, 6.45) is 3.31. The van der Waals surface area contributed by atoms with Crippen LogP contribution in [0.25, 0.3) is 11.2 Å². The molecule has 1 aliphatic heterocycles. The van der Waals surface area contributed by atoms with Crippen molar-refractivity contribution in [2.45, 2.75) is 6.10 Å². The molecule has 3 aromatic rings. The maximum Gasteiger partial charge on any atom is 0.232 e. The van der Waals surface area contributed by atoms with Crippen molar-refractivity contribution in [3.05, 3.63) is 48.9 Å². The Morgan fingerprint density at radius 3 is 2.90 bits per heavy atom. The molecule has 0 aliphatic carbocycles. The van der Waals surface area contributed by atoms with Gasteiger partial charge in [-0.25, -0.2) is 15.0 Å². The Labute approximate surface area is 122 Å². The average Bonchev–Trinajstić information content (AvgIpc) is 3.37. The number of aromatic nitrogens is 4. The van der Waals surface area contributed by atoms with Crippen LogP contribution in [0.5, 0.6) is 0 Å². The summed E-state index contributed by atoms with van der Waals surface area (Å²) in [5, 5.41) is 0. The van der Waals surface area contributed by atoms with Crippen LogP contribution < -0.4 is 4.90 Å². The molecule has 0 spiro atoms. The zero-order valence-corrected chi connectivity index (χ0v) is 11.2. The van der Waals surface area contributed by atoms with Crippen molar-refractivity contribution in [3.8, 4) is 0 Å². The normalized spacial score (nSPS) is 17.5. The van der Waals surface area contributed by atoms with Crippen LogP contribution in [0.4, 0.5) is 11.6 Å². The third-order valence-corrected chi connectivity index (χ3v) is 3.27. The van der Waals surface area contributed by atoms with Gasteiger partial charge in [-0.1, -0.05) is 18.2 Å². The highest BCUT2D eigenvalue weighted by atomic mass is 16.6. The first kappa shape index (κ1) is 11.1. The molecule has 6 heteroatoms. The van der Waals surface area contributed by atoms with Gasteiger partial charge in [-0.05, 0) is 12.1 Å². The number of hydrogen-bond donors (Lipinski definition) is 0. The van der Waals surface area contributed by atoms with E-state index in [1.54, 1.807) is 6.20 Å². The first-order valence-electron chi connectivity index (χ1n) is 7.20. The van der Waals surface area contributed by atoms with Crippen molar-refractivity contribution in [2.75, 3.05) is 18.1 Å². The molecular weight excluding hydrogens is 266 g/mol. The van der Waals surface area contributed by atoms with E-state index < -0.39 is 0 Å². The maximum atomic E-state index is 7.57. The van der Waals surface area contributed by atoms with Gasteiger partial charge in [0.25, 0.3) is 0 Å². The van der Waals surface area contributed by atoms with E-state index in [9.17, 15) is 0 Å². The van der Waals surface area contributed by atoms with Crippen LogP contribution in [0.3, 0.4) is 0 Å². The summed E-state index contributed by atoms with van der Waals surface area (Å²) in [6, 6.07) is 9.91. The number of ether oxygens (including phenoxy) is 1. The molecule has 1 saturated heterocycles. The quantitative estimate of drug-likeness (QED) is 0.680. The van der Waals surface area contributed by atoms with Gasteiger partial charge in [-0.15, -0.1) is 0 Å². The van der Waals surface area contributed by atoms with Crippen molar-refractivity contribution >= 4 is 22.8 Å². The summed E-state index contributed by atoms with van der Waals surface area (Å²) in [5.41, 5.74) is 2.00. The molecule has 1 atom stereocenters. The fourth-order valence-electron chi connectivity index (χ4n) is 2.14. The number of benzene rings is 1. The van der Waals surface area contributed by atoms with Crippen LogP contribution in [0, 0.1) is 0 Å². The summed E-state index contributed by atoms with van der Waals surface area (Å²) < 4.78 is 12.9. The van der Waals surface area contributed by atoms with Crippen molar-refractivity contribution in [1.29, 1.82) is 0 Å². The third kappa shape index (κ3) is 2.53. The fraction of sp³-hybridized carbons (Fsp3) is 0.200. The first-order valence-corrected chi connectivity index (χ1v) is 6.70. The predicted octanol–water partition coefficient (Wildman–Crippen LogP) is 1.96. The molecule has 0 saturated carbocycles. The van der Waals surface area contributed by atoms with E-state index in [0.717, 1.165) is 12.3 Å². The Morgan fingerprint density at radius 1 is 1.24 bits per heavy atom. The Morgan fingerprint density at radius 2 is 2.10 bits per heavy atom. The lowest BCUT2D eigenvalue weighted by atomic mass is 10.3. The molecule has 0 amide bonds. The van der Waals surface area contributed by atoms with E-state index in [0.29, 0.717) is 23.7 Å². The third-order valence-electron chi connectivity index (χ3n) is 3.27. The molecule has 3 heterocycles. The van der Waals surface area contributed by atoms with E-state index in [1.807, 2.05) is 35.2 Å². The fourth-order valence-corrected chi connectivity index (χ4v) is 2.14. The van der Waals surface area contributed by atoms with Gasteiger partial charge in [0, 0.05) is 18.1 Å². The molecule has 2 aromatic heterocycles. The van der Waals surface area contributed by atoms with Crippen molar-refractivity contribution in [3.63, 3.8) is 0 Å². The Balaban J connectivity index is 1.77. The van der Waals surface area contributed by atoms with E-state index in [-0.39, 0.29) is 12.3 Å². The highest BCUT2D eigenvalue weighted by Gasteiger charge is 2.27. The standard InChI is InChI=1S/C15H13N5O/c1-2-4-11(5-3-1)20(9-12-10-21-12)15-18-8-13-14(19-15)17-7-6-16-13/h1-8,12H,9-10H2/i7D. The molecule has 21 heavy (non-hydrogen) atoms. The second kappa shape index (κ2) is 5.06. The average molecular weight is 280 g/mol. The maximum absolute atomic E-state index is 7.57. The van der Waals surface area contributed by atoms with Crippen molar-refractivity contribution < 1.29 is 6.11 Å². The van der Waals surface area contributed by atoms with Gasteiger partial charge >= 0.3 is 0 Å². The van der Waals surface area contributed by atoms with Crippen molar-refractivity contribution in [1.82, 2.24) is 19.9 Å². The van der Waals surface area contributed by atoms with Crippen LogP contribution in [0.15, 0.2) is 48.9 Å². The SMILES string of the molecule is [2H]c1cnc2cnc(N(CC3CO3)c3ccccc3)nc2n1. The second-order valence-electron chi connectivity index (χ2n) is 4.78. The number of epoxide rings is 1. The van der Waals surface area contributed by atoms with Crippen LogP contribution >= 0.6 is 0 Å². The summed E-state index contributed by atoms with van der Waals surface area (Å²) in [7, 11) is 0. The lowest BCUT2D eigenvalue weighted by Gasteiger charge is -2.21. The molecule has 4 rings (SSSR count). The van der Waals surface area contributed by atoms with E-state index in [4.69, 9.17) is 6.11 Å². The largest absolute Gasteiger partial charge is 0.371 e. The first-order chi connectivity index (χ1) is 10.8. The van der Waals surface area contributed by atoms with E-state index >= 15 is 0 Å². The monoisotopic (exact) mass is 280 g/mol. The molecule has 0 radical (unpaired) electrons. The van der Waals surface area contributed by atoms with Gasteiger partial charge < -0.3 is 9.64 Å². The predicted molar refractivity (Wildman–Crippen MR) is 78.3 cm³/mol. The number of fused-ring (bicyclic) bond motifs is 1. The molecule has 1 unspecified atom stereocenters. The smallest absolute Gasteiger partial charge is 0.232 e. The number of para-hydroxylation sites is 1. The molecule has 0 N–H and O–H groups in total. The minimum absolute atomic E-state index is 0.0916. The lowest BCUT2D eigenvalue weighted by molar-refractivity contribution is 0.411. The topological polar surface area (TPSA) is 67.3 Å². The minimum Gasteiger partial charge on any atom is -0.371 e. The van der Waals surface area contributed by atoms with Crippen LogP contribution in [0.1, 0.15) is 1.37 Å². The number of nitrogens with zero attached hydrogens (tertiary/aromatic N) is 5. The highest BCUT2D eigenvalue weighted by molar-refractivity contribution is 5.70. The summed E-state index contributed by atoms with van der Waals surface area (Å²) in [5.74, 6) is 0.536. The van der Waals surface area contributed by atoms with Crippen LogP contribution in [0.2, 0.25) is 0 Å². The zero-order chi connectivity index (χ0) is 14.9. The van der Waals surface area contributed by atoms with Crippen molar-refractivity contribution in [2.24, 2.45) is 0 Å². The Bertz CT molecular complexity index is 809. The summed E-state index contributed by atoms with van der Waals surface area (Å²) in [6.45, 7) is 1.44. The molecule has 104 valence electrons. The van der Waals surface area contributed by atoms with Gasteiger partial charge in [0.2, 0.25) is 5.95 Å². The van der Waals surface area contributed by atoms with Gasteiger partial charge in [0.1, 0.15) is 5.52 Å². The van der Waals surface area contributed by atoms with Gasteiger partial charge in [-0.3, -0.25) is 0 Å². The van der Waals surface area contributed by atoms with E-state index in [1.165, 1.54) is 6.20 Å². The van der Waals surface area contributed by atoms with Gasteiger partial charge in [0.15, 0.2) is 5.65 Å². The lowest BCUT2D eigenvalue weighted by Crippen LogP contribution is -2.24. The van der Waals surface area contributed by atoms with Gasteiger partial charge in [-0.2, -0.15) is 4.98 Å². The summed E-state index contributed by atoms with van der Waals surface area (Å²) >= 11 is 0. The zero-order valence-electron chi connectivity index (χ0n) is 12.2. The van der Waals surface area contributed by atoms with Crippen LogP contribution in [-0.2, 0) is 4.74 Å². The highest BCUT2D eigenvalue weighted by Crippen LogP contribution is 2.25. The Kier molecular flexibility index (Phi) is 2.68. The number of anilines is 2. The van der Waals surface area contributed by atoms with E-state index in [2.05, 4.69) is 19.9 Å². The molecule has 6 nitrogen and oxygen atoms in total. The molecular formula is C15H13N5O. The second-order valence-corrected chi connectivity index (χ2v) is 4.78. The molecule has 1 aromatic carbocycles. The van der Waals surface area contributed by atoms with Crippen LogP contribution in [-0.4, -0.2) is 39.2 Å².